The molecule has 0 heterocycles. The molecule has 10 heteroatoms. The third kappa shape index (κ3) is 3.38. The number of rotatable bonds is 6. The zero-order valence-corrected chi connectivity index (χ0v) is 12.6. The predicted molar refractivity (Wildman–Crippen MR) is 74.4 cm³/mol. The lowest BCUT2D eigenvalue weighted by Gasteiger charge is -2.19. The number of nitrogens with zero attached hydrogens (tertiary/aromatic N) is 3. The average Bonchev–Trinajstić information content (AvgIpc) is 2.45. The second-order valence-electron chi connectivity index (χ2n) is 4.54. The Bertz CT molecular complexity index is 753. The molecule has 1 aromatic rings. The van der Waals surface area contributed by atoms with E-state index in [1.165, 1.54) is 13.0 Å². The van der Waals surface area contributed by atoms with Crippen LogP contribution in [-0.2, 0) is 14.8 Å². The van der Waals surface area contributed by atoms with Gasteiger partial charge in [0.05, 0.1) is 10.8 Å². The molecule has 0 aliphatic rings. The lowest BCUT2D eigenvalue weighted by Crippen LogP contribution is -2.34. The third-order valence-electron chi connectivity index (χ3n) is 2.95. The summed E-state index contributed by atoms with van der Waals surface area (Å²) >= 11 is 0. The largest absolute Gasteiger partial charge is 0.481 e. The molecule has 0 fully saturated rings. The van der Waals surface area contributed by atoms with Crippen LogP contribution in [0.25, 0.3) is 0 Å². The highest BCUT2D eigenvalue weighted by Crippen LogP contribution is 2.27. The van der Waals surface area contributed by atoms with Gasteiger partial charge in [-0.05, 0) is 6.07 Å². The summed E-state index contributed by atoms with van der Waals surface area (Å²) < 4.78 is 25.6. The highest BCUT2D eigenvalue weighted by molar-refractivity contribution is 7.89. The SMILES string of the molecule is CC(CN(C)S(=O)(=O)c1cccc([N+](=O)[O-])c1C#N)C(=O)O. The fourth-order valence-corrected chi connectivity index (χ4v) is 3.14. The number of carbonyl (C=O) groups is 1. The van der Waals surface area contributed by atoms with Crippen molar-refractivity contribution >= 4 is 21.7 Å². The first kappa shape index (κ1) is 17.5. The average molecular weight is 327 g/mol. The predicted octanol–water partition coefficient (Wildman–Crippen LogP) is 0.808. The minimum atomic E-state index is -4.22. The molecule has 0 aromatic heterocycles. The molecule has 0 saturated heterocycles. The van der Waals surface area contributed by atoms with Gasteiger partial charge in [-0.3, -0.25) is 14.9 Å². The molecule has 0 amide bonds. The van der Waals surface area contributed by atoms with Gasteiger partial charge in [0.2, 0.25) is 10.0 Å². The van der Waals surface area contributed by atoms with Gasteiger partial charge in [0.25, 0.3) is 5.69 Å². The topological polar surface area (TPSA) is 142 Å². The maximum Gasteiger partial charge on any atom is 0.307 e. The maximum absolute atomic E-state index is 12.4. The molecule has 1 aromatic carbocycles. The molecule has 0 radical (unpaired) electrons. The van der Waals surface area contributed by atoms with Gasteiger partial charge in [-0.25, -0.2) is 12.7 Å². The van der Waals surface area contributed by atoms with Crippen molar-refractivity contribution in [3.63, 3.8) is 0 Å². The number of carboxylic acids is 1. The molecule has 0 aliphatic heterocycles. The van der Waals surface area contributed by atoms with Gasteiger partial charge < -0.3 is 5.11 Å². The van der Waals surface area contributed by atoms with Crippen molar-refractivity contribution < 1.29 is 23.2 Å². The molecule has 118 valence electrons. The second kappa shape index (κ2) is 6.50. The van der Waals surface area contributed by atoms with Crippen LogP contribution < -0.4 is 0 Å². The third-order valence-corrected chi connectivity index (χ3v) is 4.82. The monoisotopic (exact) mass is 327 g/mol. The van der Waals surface area contributed by atoms with E-state index in [0.29, 0.717) is 0 Å². The lowest BCUT2D eigenvalue weighted by atomic mass is 10.2. The molecule has 0 aliphatic carbocycles. The molecular weight excluding hydrogens is 314 g/mol. The molecule has 0 saturated carbocycles. The smallest absolute Gasteiger partial charge is 0.307 e. The van der Waals surface area contributed by atoms with Crippen molar-refractivity contribution in [3.05, 3.63) is 33.9 Å². The van der Waals surface area contributed by atoms with Crippen LogP contribution in [0.2, 0.25) is 0 Å². The van der Waals surface area contributed by atoms with Crippen molar-refractivity contribution in [2.45, 2.75) is 11.8 Å². The van der Waals surface area contributed by atoms with Crippen LogP contribution in [-0.4, -0.2) is 42.3 Å². The van der Waals surface area contributed by atoms with E-state index in [2.05, 4.69) is 0 Å². The van der Waals surface area contributed by atoms with Crippen LogP contribution in [0.5, 0.6) is 0 Å². The summed E-state index contributed by atoms with van der Waals surface area (Å²) in [7, 11) is -3.08. The van der Waals surface area contributed by atoms with E-state index in [9.17, 15) is 23.3 Å². The number of nitro groups is 1. The summed E-state index contributed by atoms with van der Waals surface area (Å²) in [6, 6.07) is 4.77. The number of carboxylic acid groups (broad SMARTS) is 1. The van der Waals surface area contributed by atoms with Crippen LogP contribution in [0.4, 0.5) is 5.69 Å². The van der Waals surface area contributed by atoms with Crippen molar-refractivity contribution in [1.82, 2.24) is 4.31 Å². The van der Waals surface area contributed by atoms with E-state index in [0.717, 1.165) is 29.6 Å². The number of benzene rings is 1. The molecule has 9 nitrogen and oxygen atoms in total. The van der Waals surface area contributed by atoms with Crippen LogP contribution >= 0.6 is 0 Å². The van der Waals surface area contributed by atoms with E-state index in [1.54, 1.807) is 0 Å². The molecule has 1 rings (SSSR count). The summed E-state index contributed by atoms with van der Waals surface area (Å²) in [6.45, 7) is 0.998. The molecule has 22 heavy (non-hydrogen) atoms. The second-order valence-corrected chi connectivity index (χ2v) is 6.56. The molecular formula is C12H13N3O6S. The Morgan fingerprint density at radius 1 is 1.55 bits per heavy atom. The number of hydrogen-bond acceptors (Lipinski definition) is 6. The normalized spacial score (nSPS) is 12.6. The van der Waals surface area contributed by atoms with Crippen LogP contribution in [0, 0.1) is 27.4 Å². The van der Waals surface area contributed by atoms with Gasteiger partial charge in [0, 0.05) is 19.7 Å². The molecule has 1 N–H and O–H groups in total. The van der Waals surface area contributed by atoms with Crippen LogP contribution in [0.3, 0.4) is 0 Å². The lowest BCUT2D eigenvalue weighted by molar-refractivity contribution is -0.385. The van der Waals surface area contributed by atoms with Crippen molar-refractivity contribution in [3.8, 4) is 6.07 Å². The first-order chi connectivity index (χ1) is 10.1. The van der Waals surface area contributed by atoms with Crippen LogP contribution in [0.1, 0.15) is 12.5 Å². The van der Waals surface area contributed by atoms with Crippen molar-refractivity contribution in [1.29, 1.82) is 5.26 Å². The maximum atomic E-state index is 12.4. The summed E-state index contributed by atoms with van der Waals surface area (Å²) in [5.74, 6) is -2.15. The number of sulfonamides is 1. The number of hydrogen-bond donors (Lipinski definition) is 1. The number of nitro benzene ring substituents is 1. The molecule has 1 atom stereocenters. The van der Waals surface area contributed by atoms with E-state index in [-0.39, 0.29) is 6.54 Å². The van der Waals surface area contributed by atoms with Crippen LogP contribution in [0.15, 0.2) is 23.1 Å². The summed E-state index contributed by atoms with van der Waals surface area (Å²) in [5.41, 5.74) is -1.20. The molecule has 0 bridgehead atoms. The summed E-state index contributed by atoms with van der Waals surface area (Å²) in [4.78, 5) is 20.3. The van der Waals surface area contributed by atoms with Gasteiger partial charge in [-0.1, -0.05) is 13.0 Å². The first-order valence-electron chi connectivity index (χ1n) is 5.99. The van der Waals surface area contributed by atoms with E-state index in [4.69, 9.17) is 10.4 Å². The number of aliphatic carboxylic acids is 1. The molecule has 1 unspecified atom stereocenters. The van der Waals surface area contributed by atoms with Gasteiger partial charge in [-0.15, -0.1) is 0 Å². The van der Waals surface area contributed by atoms with Gasteiger partial charge in [0.15, 0.2) is 0 Å². The fourth-order valence-electron chi connectivity index (χ4n) is 1.73. The Kier molecular flexibility index (Phi) is 5.19. The van der Waals surface area contributed by atoms with E-state index < -0.39 is 43.0 Å². The highest BCUT2D eigenvalue weighted by Gasteiger charge is 2.30. The first-order valence-corrected chi connectivity index (χ1v) is 7.43. The Labute approximate surface area is 126 Å². The number of nitriles is 1. The Morgan fingerprint density at radius 3 is 2.59 bits per heavy atom. The van der Waals surface area contributed by atoms with Gasteiger partial charge in [0.1, 0.15) is 16.5 Å². The van der Waals surface area contributed by atoms with Gasteiger partial charge >= 0.3 is 5.97 Å². The fraction of sp³-hybridized carbons (Fsp3) is 0.333. The highest BCUT2D eigenvalue weighted by atomic mass is 32.2. The van der Waals surface area contributed by atoms with E-state index in [1.807, 2.05) is 0 Å². The Balaban J connectivity index is 3.35. The minimum Gasteiger partial charge on any atom is -0.481 e. The quantitative estimate of drug-likeness (QED) is 0.601. The summed E-state index contributed by atoms with van der Waals surface area (Å²) in [5, 5.41) is 28.7. The summed E-state index contributed by atoms with van der Waals surface area (Å²) in [6.07, 6.45) is 0. The Hall–Kier alpha value is -2.51. The van der Waals surface area contributed by atoms with Gasteiger partial charge in [-0.2, -0.15) is 5.26 Å². The zero-order chi connectivity index (χ0) is 17.1. The van der Waals surface area contributed by atoms with E-state index >= 15 is 0 Å². The minimum absolute atomic E-state index is 0.328. The molecule has 0 spiro atoms. The van der Waals surface area contributed by atoms with Crippen molar-refractivity contribution in [2.24, 2.45) is 5.92 Å². The standard InChI is InChI=1S/C12H13N3O6S/c1-8(12(16)17)7-14(2)22(20,21)11-5-3-4-10(15(18)19)9(11)6-13/h3-5,8H,7H2,1-2H3,(H,16,17). The van der Waals surface area contributed by atoms with Crippen molar-refractivity contribution in [2.75, 3.05) is 13.6 Å². The Morgan fingerprint density at radius 2 is 2.14 bits per heavy atom. The zero-order valence-electron chi connectivity index (χ0n) is 11.8.